The lowest BCUT2D eigenvalue weighted by Gasteiger charge is -2.23. The van der Waals surface area contributed by atoms with Crippen molar-refractivity contribution in [2.75, 3.05) is 13.2 Å². The lowest BCUT2D eigenvalue weighted by molar-refractivity contribution is -0.174. The van der Waals surface area contributed by atoms with Crippen LogP contribution >= 0.6 is 10.5 Å². The number of rotatable bonds is 8. The first kappa shape index (κ1) is 27.1. The number of carbonyl (C=O) groups is 2. The molecule has 1 saturated heterocycles. The highest BCUT2D eigenvalue weighted by Gasteiger charge is 2.45. The molecule has 0 saturated carbocycles. The van der Waals surface area contributed by atoms with E-state index in [9.17, 15) is 9.59 Å². The summed E-state index contributed by atoms with van der Waals surface area (Å²) in [5.74, 6) is -1.61. The molecule has 6 aromatic rings. The molecule has 0 radical (unpaired) electrons. The molecule has 7 rings (SSSR count). The van der Waals surface area contributed by atoms with Crippen LogP contribution in [0.5, 0.6) is 5.75 Å². The number of thiophene rings is 1. The molecule has 1 fully saturated rings. The maximum Gasteiger partial charge on any atom is 0.344 e. The lowest BCUT2D eigenvalue weighted by Crippen LogP contribution is -2.25. The fourth-order valence-corrected chi connectivity index (χ4v) is 8.00. The maximum atomic E-state index is 12.6. The number of esters is 2. The molecule has 0 N–H and O–H groups in total. The summed E-state index contributed by atoms with van der Waals surface area (Å²) >= 11 is 0. The zero-order chi connectivity index (χ0) is 29.4. The van der Waals surface area contributed by atoms with Crippen molar-refractivity contribution in [2.45, 2.75) is 25.2 Å². The number of cyclic esters (lactones) is 1. The molecule has 2 unspecified atom stereocenters. The molecule has 7 heteroatoms. The van der Waals surface area contributed by atoms with Crippen molar-refractivity contribution < 1.29 is 28.5 Å². The van der Waals surface area contributed by atoms with Crippen molar-refractivity contribution in [1.29, 1.82) is 0 Å². The summed E-state index contributed by atoms with van der Waals surface area (Å²) in [5.41, 5.74) is 0.750. The van der Waals surface area contributed by atoms with Crippen molar-refractivity contribution in [3.8, 4) is 10.6 Å². The summed E-state index contributed by atoms with van der Waals surface area (Å²) in [6, 6.07) is 38.7. The van der Waals surface area contributed by atoms with E-state index in [4.69, 9.17) is 18.9 Å². The Hall–Kier alpha value is -4.72. The highest BCUT2D eigenvalue weighted by Crippen LogP contribution is 2.48. The molecule has 0 spiro atoms. The largest absolute Gasteiger partial charge is 0.482 e. The second kappa shape index (κ2) is 11.2. The topological polar surface area (TPSA) is 71.1 Å². The smallest absolute Gasteiger partial charge is 0.344 e. The van der Waals surface area contributed by atoms with Gasteiger partial charge in [0.25, 0.3) is 0 Å². The van der Waals surface area contributed by atoms with Crippen LogP contribution in [0.3, 0.4) is 0 Å². The van der Waals surface area contributed by atoms with Gasteiger partial charge in [-0.05, 0) is 53.2 Å². The third-order valence-corrected chi connectivity index (χ3v) is 10.1. The first-order valence-electron chi connectivity index (χ1n) is 14.2. The van der Waals surface area contributed by atoms with E-state index in [1.165, 1.54) is 25.1 Å². The summed E-state index contributed by atoms with van der Waals surface area (Å²) in [4.78, 5) is 26.1. The molecule has 0 amide bonds. The Labute approximate surface area is 251 Å². The van der Waals surface area contributed by atoms with Crippen molar-refractivity contribution in [3.63, 3.8) is 0 Å². The second-order valence-electron chi connectivity index (χ2n) is 10.6. The average molecular weight is 590 g/mol. The van der Waals surface area contributed by atoms with Gasteiger partial charge in [0.15, 0.2) is 27.0 Å². The van der Waals surface area contributed by atoms with E-state index < -0.39 is 23.8 Å². The SMILES string of the molecule is CC1(c2ccc3ccccc3c2)OC(=O)C(CCOC(=O)COc2ccc(-[s+]3c4ccccc4c4ccccc43)cc2)O1. The molecule has 5 aromatic carbocycles. The molecule has 2 heterocycles. The van der Waals surface area contributed by atoms with Crippen molar-refractivity contribution in [3.05, 3.63) is 121 Å². The molecule has 0 bridgehead atoms. The van der Waals surface area contributed by atoms with Crippen LogP contribution in [0.25, 0.3) is 35.8 Å². The Kier molecular flexibility index (Phi) is 7.05. The minimum Gasteiger partial charge on any atom is -0.482 e. The number of ether oxygens (including phenoxy) is 4. The number of hydrogen-bond acceptors (Lipinski definition) is 6. The number of hydrogen-bond donors (Lipinski definition) is 0. The number of fused-ring (bicyclic) bond motifs is 4. The quantitative estimate of drug-likeness (QED) is 0.132. The molecule has 1 aliphatic rings. The van der Waals surface area contributed by atoms with E-state index in [1.807, 2.05) is 54.6 Å². The van der Waals surface area contributed by atoms with Crippen LogP contribution in [0.2, 0.25) is 0 Å². The van der Waals surface area contributed by atoms with Gasteiger partial charge in [0.05, 0.1) is 6.61 Å². The van der Waals surface area contributed by atoms with Crippen molar-refractivity contribution in [1.82, 2.24) is 0 Å². The van der Waals surface area contributed by atoms with Gasteiger partial charge in [-0.3, -0.25) is 0 Å². The van der Waals surface area contributed by atoms with Gasteiger partial charge in [0.2, 0.25) is 5.79 Å². The second-order valence-corrected chi connectivity index (χ2v) is 12.6. The van der Waals surface area contributed by atoms with E-state index in [0.717, 1.165) is 16.3 Å². The molecule has 1 aromatic heterocycles. The van der Waals surface area contributed by atoms with Crippen molar-refractivity contribution >= 4 is 53.4 Å². The van der Waals surface area contributed by atoms with Crippen LogP contribution in [0, 0.1) is 0 Å². The Bertz CT molecular complexity index is 1920. The highest BCUT2D eigenvalue weighted by atomic mass is 32.2. The van der Waals surface area contributed by atoms with E-state index >= 15 is 0 Å². The molecule has 43 heavy (non-hydrogen) atoms. The van der Waals surface area contributed by atoms with Gasteiger partial charge in [-0.15, -0.1) is 0 Å². The van der Waals surface area contributed by atoms with Gasteiger partial charge in [-0.25, -0.2) is 9.59 Å². The molecular weight excluding hydrogens is 560 g/mol. The first-order chi connectivity index (χ1) is 21.0. The molecule has 6 nitrogen and oxygen atoms in total. The fraction of sp³-hybridized carbons (Fsp3) is 0.167. The Morgan fingerprint density at radius 1 is 0.814 bits per heavy atom. The normalized spacial score (nSPS) is 18.3. The summed E-state index contributed by atoms with van der Waals surface area (Å²) in [6.07, 6.45) is -0.641. The van der Waals surface area contributed by atoms with Crippen LogP contribution in [0.1, 0.15) is 18.9 Å². The van der Waals surface area contributed by atoms with Gasteiger partial charge in [0.1, 0.15) is 5.75 Å². The maximum absolute atomic E-state index is 12.6. The Morgan fingerprint density at radius 3 is 2.19 bits per heavy atom. The van der Waals surface area contributed by atoms with Crippen molar-refractivity contribution in [2.24, 2.45) is 0 Å². The van der Waals surface area contributed by atoms with E-state index in [1.54, 1.807) is 6.92 Å². The molecule has 0 aliphatic carbocycles. The lowest BCUT2D eigenvalue weighted by atomic mass is 10.0. The zero-order valence-corrected chi connectivity index (χ0v) is 24.3. The van der Waals surface area contributed by atoms with Crippen LogP contribution in [-0.4, -0.2) is 31.3 Å². The molecule has 214 valence electrons. The highest BCUT2D eigenvalue weighted by molar-refractivity contribution is 7.50. The molecular formula is C36H29O6S+. The third kappa shape index (κ3) is 5.22. The minimum atomic E-state index is -1.20. The van der Waals surface area contributed by atoms with Crippen LogP contribution in [0.4, 0.5) is 0 Å². The summed E-state index contributed by atoms with van der Waals surface area (Å²) < 4.78 is 25.3. The monoisotopic (exact) mass is 589 g/mol. The summed E-state index contributed by atoms with van der Waals surface area (Å²) in [7, 11) is -0.192. The van der Waals surface area contributed by atoms with Gasteiger partial charge in [0, 0.05) is 52.3 Å². The van der Waals surface area contributed by atoms with Crippen LogP contribution in [-0.2, 0) is 29.6 Å². The predicted octanol–water partition coefficient (Wildman–Crippen LogP) is 8.01. The predicted molar refractivity (Wildman–Crippen MR) is 169 cm³/mol. The fourth-order valence-electron chi connectivity index (χ4n) is 5.62. The van der Waals surface area contributed by atoms with Gasteiger partial charge >= 0.3 is 11.9 Å². The summed E-state index contributed by atoms with van der Waals surface area (Å²) in [5, 5.41) is 4.67. The van der Waals surface area contributed by atoms with Gasteiger partial charge in [-0.2, -0.15) is 0 Å². The number of carbonyl (C=O) groups excluding carboxylic acids is 2. The third-order valence-electron chi connectivity index (χ3n) is 7.76. The van der Waals surface area contributed by atoms with Crippen LogP contribution in [0.15, 0.2) is 115 Å². The Morgan fingerprint density at radius 2 is 1.47 bits per heavy atom. The minimum absolute atomic E-state index is 0.0102. The van der Waals surface area contributed by atoms with Gasteiger partial charge < -0.3 is 18.9 Å². The zero-order valence-electron chi connectivity index (χ0n) is 23.5. The van der Waals surface area contributed by atoms with E-state index in [0.29, 0.717) is 5.75 Å². The van der Waals surface area contributed by atoms with E-state index in [2.05, 4.69) is 60.7 Å². The summed E-state index contributed by atoms with van der Waals surface area (Å²) in [6.45, 7) is 1.50. The first-order valence-corrected chi connectivity index (χ1v) is 15.4. The van der Waals surface area contributed by atoms with E-state index in [-0.39, 0.29) is 30.1 Å². The van der Waals surface area contributed by atoms with Crippen LogP contribution < -0.4 is 4.74 Å². The number of benzene rings is 5. The average Bonchev–Trinajstić information content (AvgIpc) is 3.53. The molecule has 1 aliphatic heterocycles. The van der Waals surface area contributed by atoms with Gasteiger partial charge in [-0.1, -0.05) is 60.7 Å². The Balaban J connectivity index is 0.936. The standard InChI is InChI=1S/C36H29O6S/c1-36(26-15-14-24-8-2-3-9-25(24)22-26)41-31(35(38)42-36)20-21-39-34(37)23-40-27-16-18-28(19-17-27)43-32-12-6-4-10-29(32)30-11-5-7-13-33(30)43/h2-19,22,31H,20-21,23H2,1H3/q+1. The molecule has 2 atom stereocenters.